The minimum Gasteiger partial charge on any atom is -0.508 e. The summed E-state index contributed by atoms with van der Waals surface area (Å²) in [5.41, 5.74) is 2.79. The van der Waals surface area contributed by atoms with Crippen LogP contribution in [0.5, 0.6) is 11.5 Å². The van der Waals surface area contributed by atoms with Crippen LogP contribution in [0, 0.1) is 0 Å². The molecule has 0 aliphatic heterocycles. The van der Waals surface area contributed by atoms with Gasteiger partial charge in [-0.25, -0.2) is 0 Å². The number of allylic oxidation sites excluding steroid dienone is 1. The van der Waals surface area contributed by atoms with E-state index in [-0.39, 0.29) is 11.5 Å². The van der Waals surface area contributed by atoms with Crippen LogP contribution in [0.2, 0.25) is 0 Å². The first-order valence-corrected chi connectivity index (χ1v) is 9.43. The van der Waals surface area contributed by atoms with E-state index in [9.17, 15) is 9.90 Å². The van der Waals surface area contributed by atoms with Crippen molar-refractivity contribution >= 4 is 23.5 Å². The van der Waals surface area contributed by atoms with Gasteiger partial charge in [0, 0.05) is 23.2 Å². The zero-order valence-corrected chi connectivity index (χ0v) is 16.0. The molecule has 4 nitrogen and oxygen atoms in total. The van der Waals surface area contributed by atoms with E-state index >= 15 is 0 Å². The van der Waals surface area contributed by atoms with E-state index in [0.29, 0.717) is 35.8 Å². The molecular weight excluding hydrogens is 374 g/mol. The average Bonchev–Trinajstić information content (AvgIpc) is 2.73. The number of ether oxygens (including phenoxy) is 1. The van der Waals surface area contributed by atoms with Gasteiger partial charge in [-0.05, 0) is 60.5 Å². The van der Waals surface area contributed by atoms with Gasteiger partial charge in [0.05, 0.1) is 5.69 Å². The van der Waals surface area contributed by atoms with Gasteiger partial charge in [-0.2, -0.15) is 0 Å². The van der Waals surface area contributed by atoms with Gasteiger partial charge in [0.2, 0.25) is 0 Å². The highest BCUT2D eigenvalue weighted by molar-refractivity contribution is 6.18. The van der Waals surface area contributed by atoms with E-state index in [2.05, 4.69) is 4.98 Å². The fourth-order valence-electron chi connectivity index (χ4n) is 2.69. The van der Waals surface area contributed by atoms with E-state index in [4.69, 9.17) is 16.3 Å². The van der Waals surface area contributed by atoms with Gasteiger partial charge in [0.25, 0.3) is 0 Å². The maximum absolute atomic E-state index is 12.5. The maximum atomic E-state index is 12.5. The number of hydrogen-bond acceptors (Lipinski definition) is 4. The number of aromatic nitrogens is 1. The van der Waals surface area contributed by atoms with Crippen LogP contribution in [0.3, 0.4) is 0 Å². The topological polar surface area (TPSA) is 59.4 Å². The number of carbonyl (C=O) groups excluding carboxylic acids is 1. The average molecular weight is 394 g/mol. The van der Waals surface area contributed by atoms with Crippen molar-refractivity contribution in [3.8, 4) is 11.5 Å². The summed E-state index contributed by atoms with van der Waals surface area (Å²) < 4.78 is 5.86. The molecule has 3 rings (SSSR count). The van der Waals surface area contributed by atoms with E-state index < -0.39 is 0 Å². The number of rotatable bonds is 8. The summed E-state index contributed by atoms with van der Waals surface area (Å²) in [6, 6.07) is 18.0. The molecule has 28 heavy (non-hydrogen) atoms. The first-order valence-electron chi connectivity index (χ1n) is 8.89. The van der Waals surface area contributed by atoms with Crippen molar-refractivity contribution in [3.05, 3.63) is 95.3 Å². The molecule has 0 aliphatic rings. The largest absolute Gasteiger partial charge is 0.508 e. The Morgan fingerprint density at radius 3 is 2.71 bits per heavy atom. The van der Waals surface area contributed by atoms with Gasteiger partial charge in [0.1, 0.15) is 18.1 Å². The molecule has 1 N–H and O–H groups in total. The van der Waals surface area contributed by atoms with Gasteiger partial charge in [-0.3, -0.25) is 9.78 Å². The molecule has 3 aromatic rings. The highest BCUT2D eigenvalue weighted by atomic mass is 35.5. The Morgan fingerprint density at radius 2 is 1.93 bits per heavy atom. The summed E-state index contributed by atoms with van der Waals surface area (Å²) in [6.45, 7) is 0.347. The van der Waals surface area contributed by atoms with Gasteiger partial charge in [-0.1, -0.05) is 24.3 Å². The molecule has 142 valence electrons. The predicted molar refractivity (Wildman–Crippen MR) is 111 cm³/mol. The van der Waals surface area contributed by atoms with E-state index in [1.54, 1.807) is 24.4 Å². The van der Waals surface area contributed by atoms with Gasteiger partial charge < -0.3 is 9.84 Å². The molecule has 1 heterocycles. The molecule has 0 fully saturated rings. The van der Waals surface area contributed by atoms with Crippen LogP contribution in [0.4, 0.5) is 0 Å². The molecule has 0 spiro atoms. The summed E-state index contributed by atoms with van der Waals surface area (Å²) in [6.07, 6.45) is 5.45. The minimum atomic E-state index is -0.157. The second-order valence-electron chi connectivity index (χ2n) is 6.13. The second-order valence-corrected chi connectivity index (χ2v) is 6.51. The number of phenols is 1. The second kappa shape index (κ2) is 9.72. The zero-order valence-electron chi connectivity index (χ0n) is 15.2. The molecule has 2 aromatic carbocycles. The predicted octanol–water partition coefficient (Wildman–Crippen LogP) is 5.04. The number of benzene rings is 2. The van der Waals surface area contributed by atoms with Crippen molar-refractivity contribution < 1.29 is 14.6 Å². The number of pyridine rings is 1. The number of halogens is 1. The molecule has 0 unspecified atom stereocenters. The van der Waals surface area contributed by atoms with Crippen molar-refractivity contribution in [2.24, 2.45) is 0 Å². The molecule has 0 bridgehead atoms. The molecule has 0 saturated carbocycles. The summed E-state index contributed by atoms with van der Waals surface area (Å²) in [5.74, 6) is 1.04. The lowest BCUT2D eigenvalue weighted by atomic mass is 10.0. The molecule has 5 heteroatoms. The van der Waals surface area contributed by atoms with Crippen LogP contribution in [0.25, 0.3) is 6.08 Å². The Hall–Kier alpha value is -3.11. The Kier molecular flexibility index (Phi) is 6.82. The number of para-hydroxylation sites is 1. The maximum Gasteiger partial charge on any atom is 0.185 e. The molecule has 0 aliphatic carbocycles. The SMILES string of the molecule is O=C(C=Cc1ccccc1OCc1ccccn1)c1ccc(O)c(CCCl)c1. The monoisotopic (exact) mass is 393 g/mol. The number of nitrogens with zero attached hydrogens (tertiary/aromatic N) is 1. The van der Waals surface area contributed by atoms with Gasteiger partial charge >= 0.3 is 0 Å². The normalized spacial score (nSPS) is 10.9. The zero-order chi connectivity index (χ0) is 19.8. The fourth-order valence-corrected chi connectivity index (χ4v) is 2.89. The summed E-state index contributed by atoms with van der Waals surface area (Å²) in [4.78, 5) is 16.8. The quantitative estimate of drug-likeness (QED) is 0.331. The summed E-state index contributed by atoms with van der Waals surface area (Å²) in [5, 5.41) is 9.84. The number of phenolic OH excluding ortho intramolecular Hbond substituents is 1. The van der Waals surface area contributed by atoms with Crippen molar-refractivity contribution in [1.29, 1.82) is 0 Å². The molecular formula is C23H20ClNO3. The van der Waals surface area contributed by atoms with Crippen LogP contribution in [0.1, 0.15) is 27.2 Å². The standard InChI is InChI=1S/C23H20ClNO3/c24-13-12-19-15-18(9-11-22(19)27)21(26)10-8-17-5-1-2-7-23(17)28-16-20-6-3-4-14-25-20/h1-11,14-15,27H,12-13,16H2. The van der Waals surface area contributed by atoms with Crippen LogP contribution < -0.4 is 4.74 Å². The Balaban J connectivity index is 1.73. The smallest absolute Gasteiger partial charge is 0.185 e. The third-order valence-corrected chi connectivity index (χ3v) is 4.35. The first kappa shape index (κ1) is 19.6. The summed E-state index contributed by atoms with van der Waals surface area (Å²) >= 11 is 5.74. The van der Waals surface area contributed by atoms with Gasteiger partial charge in [0.15, 0.2) is 5.78 Å². The number of carbonyl (C=O) groups is 1. The number of aromatic hydroxyl groups is 1. The third kappa shape index (κ3) is 5.21. The number of alkyl halides is 1. The van der Waals surface area contributed by atoms with Crippen molar-refractivity contribution in [2.45, 2.75) is 13.0 Å². The van der Waals surface area contributed by atoms with Crippen molar-refractivity contribution in [2.75, 3.05) is 5.88 Å². The van der Waals surface area contributed by atoms with Crippen LogP contribution in [-0.2, 0) is 13.0 Å². The molecule has 0 amide bonds. The minimum absolute atomic E-state index is 0.148. The molecule has 0 atom stereocenters. The van der Waals surface area contributed by atoms with E-state index in [0.717, 1.165) is 11.3 Å². The highest BCUT2D eigenvalue weighted by Gasteiger charge is 2.08. The number of hydrogen-bond donors (Lipinski definition) is 1. The molecule has 1 aromatic heterocycles. The van der Waals surface area contributed by atoms with Crippen LogP contribution in [-0.4, -0.2) is 21.8 Å². The van der Waals surface area contributed by atoms with E-state index in [1.165, 1.54) is 12.1 Å². The van der Waals surface area contributed by atoms with Crippen LogP contribution in [0.15, 0.2) is 72.9 Å². The van der Waals surface area contributed by atoms with Crippen molar-refractivity contribution in [3.63, 3.8) is 0 Å². The van der Waals surface area contributed by atoms with E-state index in [1.807, 2.05) is 42.5 Å². The third-order valence-electron chi connectivity index (χ3n) is 4.16. The first-order chi connectivity index (χ1) is 13.7. The highest BCUT2D eigenvalue weighted by Crippen LogP contribution is 2.22. The number of ketones is 1. The fraction of sp³-hybridized carbons (Fsp3) is 0.130. The van der Waals surface area contributed by atoms with Crippen molar-refractivity contribution in [1.82, 2.24) is 4.98 Å². The molecule has 0 radical (unpaired) electrons. The Labute approximate surface area is 169 Å². The lowest BCUT2D eigenvalue weighted by molar-refractivity contribution is 0.104. The Bertz CT molecular complexity index is 971. The van der Waals surface area contributed by atoms with Gasteiger partial charge in [-0.15, -0.1) is 11.6 Å². The molecule has 0 saturated heterocycles. The number of aryl methyl sites for hydroxylation is 1. The van der Waals surface area contributed by atoms with Crippen LogP contribution >= 0.6 is 11.6 Å². The Morgan fingerprint density at radius 1 is 1.11 bits per heavy atom. The lowest BCUT2D eigenvalue weighted by Crippen LogP contribution is -1.99. The summed E-state index contributed by atoms with van der Waals surface area (Å²) in [7, 11) is 0. The lowest BCUT2D eigenvalue weighted by Gasteiger charge is -2.08.